The molecule has 0 bridgehead atoms. The Morgan fingerprint density at radius 2 is 1.69 bits per heavy atom. The van der Waals surface area contributed by atoms with E-state index in [2.05, 4.69) is 11.8 Å². The fourth-order valence-corrected chi connectivity index (χ4v) is 4.67. The molecule has 1 saturated heterocycles. The molecule has 1 amide bonds. The Hall–Kier alpha value is -4.20. The van der Waals surface area contributed by atoms with Crippen molar-refractivity contribution in [1.82, 2.24) is 9.80 Å². The number of fused-ring (bicyclic) bond motifs is 2. The van der Waals surface area contributed by atoms with E-state index < -0.39 is 0 Å². The number of amidine groups is 1. The number of carbonyl (C=O) groups excluding carboxylic acids is 1. The third-order valence-electron chi connectivity index (χ3n) is 6.53. The first kappa shape index (κ1) is 23.5. The Morgan fingerprint density at radius 1 is 0.944 bits per heavy atom. The molecule has 0 aromatic heterocycles. The highest BCUT2D eigenvalue weighted by Gasteiger charge is 2.33. The van der Waals surface area contributed by atoms with Crippen LogP contribution in [0.25, 0.3) is 0 Å². The number of ether oxygens (including phenoxy) is 4. The Labute approximate surface area is 210 Å². The van der Waals surface area contributed by atoms with Gasteiger partial charge in [-0.2, -0.15) is 0 Å². The standard InChI is InChI=1S/C28H29N3O5/c1-18-17-30(12-13-31(18)28(32)19-14-20(33-2)16-21(15-19)34-3)27-22-8-7-11-25(35-4)26(22)36-24-10-6-5-9-23(24)29-27/h5-11,14-16,18H,12-13,17H2,1-4H3/t18-/m1/s1. The molecule has 36 heavy (non-hydrogen) atoms. The number of amides is 1. The predicted molar refractivity (Wildman–Crippen MR) is 137 cm³/mol. The highest BCUT2D eigenvalue weighted by molar-refractivity contribution is 6.04. The lowest BCUT2D eigenvalue weighted by atomic mass is 10.1. The zero-order valence-electron chi connectivity index (χ0n) is 20.9. The molecule has 8 heteroatoms. The zero-order valence-corrected chi connectivity index (χ0v) is 20.9. The summed E-state index contributed by atoms with van der Waals surface area (Å²) in [4.78, 5) is 22.6. The molecule has 2 aliphatic rings. The van der Waals surface area contributed by atoms with E-state index in [1.54, 1.807) is 39.5 Å². The minimum atomic E-state index is -0.0575. The average molecular weight is 488 g/mol. The van der Waals surface area contributed by atoms with E-state index in [0.717, 1.165) is 17.1 Å². The van der Waals surface area contributed by atoms with Gasteiger partial charge in [-0.3, -0.25) is 4.79 Å². The highest BCUT2D eigenvalue weighted by Crippen LogP contribution is 2.42. The number of hydrogen-bond acceptors (Lipinski definition) is 7. The van der Waals surface area contributed by atoms with Crippen molar-refractivity contribution < 1.29 is 23.7 Å². The molecule has 186 valence electrons. The fraction of sp³-hybridized carbons (Fsp3) is 0.286. The number of piperazine rings is 1. The molecular weight excluding hydrogens is 458 g/mol. The van der Waals surface area contributed by atoms with Crippen LogP contribution in [0.4, 0.5) is 5.69 Å². The number of rotatable bonds is 4. The molecule has 2 heterocycles. The summed E-state index contributed by atoms with van der Waals surface area (Å²) in [5.74, 6) is 3.87. The normalized spacial score (nSPS) is 16.7. The molecule has 1 fully saturated rings. The second-order valence-corrected chi connectivity index (χ2v) is 8.74. The van der Waals surface area contributed by atoms with Gasteiger partial charge in [0.15, 0.2) is 17.2 Å². The van der Waals surface area contributed by atoms with Gasteiger partial charge in [0, 0.05) is 37.3 Å². The molecule has 3 aromatic rings. The molecule has 0 N–H and O–H groups in total. The molecule has 5 rings (SSSR count). The molecular formula is C28H29N3O5. The van der Waals surface area contributed by atoms with Crippen molar-refractivity contribution in [1.29, 1.82) is 0 Å². The van der Waals surface area contributed by atoms with Gasteiger partial charge in [0.25, 0.3) is 5.91 Å². The maximum Gasteiger partial charge on any atom is 0.254 e. The maximum absolute atomic E-state index is 13.5. The smallest absolute Gasteiger partial charge is 0.254 e. The van der Waals surface area contributed by atoms with E-state index in [1.807, 2.05) is 47.4 Å². The molecule has 0 unspecified atom stereocenters. The first-order chi connectivity index (χ1) is 17.5. The Balaban J connectivity index is 1.45. The largest absolute Gasteiger partial charge is 0.497 e. The summed E-state index contributed by atoms with van der Waals surface area (Å²) in [7, 11) is 4.78. The van der Waals surface area contributed by atoms with E-state index in [-0.39, 0.29) is 11.9 Å². The molecule has 0 aliphatic carbocycles. The van der Waals surface area contributed by atoms with Crippen LogP contribution in [0, 0.1) is 0 Å². The van der Waals surface area contributed by atoms with Gasteiger partial charge in [-0.05, 0) is 43.3 Å². The van der Waals surface area contributed by atoms with Gasteiger partial charge in [-0.15, -0.1) is 0 Å². The first-order valence-corrected chi connectivity index (χ1v) is 11.8. The van der Waals surface area contributed by atoms with Crippen LogP contribution in [0.2, 0.25) is 0 Å². The first-order valence-electron chi connectivity index (χ1n) is 11.8. The summed E-state index contributed by atoms with van der Waals surface area (Å²) in [6.07, 6.45) is 0. The van der Waals surface area contributed by atoms with Crippen molar-refractivity contribution in [3.05, 3.63) is 71.8 Å². The summed E-state index contributed by atoms with van der Waals surface area (Å²) in [5, 5.41) is 0. The Kier molecular flexibility index (Phi) is 6.41. The van der Waals surface area contributed by atoms with Gasteiger partial charge >= 0.3 is 0 Å². The lowest BCUT2D eigenvalue weighted by Gasteiger charge is -2.41. The second kappa shape index (κ2) is 9.81. The number of benzene rings is 3. The average Bonchev–Trinajstić information content (AvgIpc) is 3.09. The summed E-state index contributed by atoms with van der Waals surface area (Å²) < 4.78 is 22.6. The monoisotopic (exact) mass is 487 g/mol. The van der Waals surface area contributed by atoms with Crippen LogP contribution in [0.1, 0.15) is 22.8 Å². The molecule has 8 nitrogen and oxygen atoms in total. The van der Waals surface area contributed by atoms with Crippen molar-refractivity contribution >= 4 is 17.4 Å². The summed E-state index contributed by atoms with van der Waals surface area (Å²) in [6.45, 7) is 3.83. The van der Waals surface area contributed by atoms with Crippen molar-refractivity contribution in [2.75, 3.05) is 41.0 Å². The third kappa shape index (κ3) is 4.30. The molecule has 0 spiro atoms. The molecule has 0 saturated carbocycles. The minimum Gasteiger partial charge on any atom is -0.497 e. The second-order valence-electron chi connectivity index (χ2n) is 8.74. The number of nitrogens with zero attached hydrogens (tertiary/aromatic N) is 3. The lowest BCUT2D eigenvalue weighted by molar-refractivity contribution is 0.0580. The van der Waals surface area contributed by atoms with Gasteiger partial charge in [-0.1, -0.05) is 18.2 Å². The highest BCUT2D eigenvalue weighted by atomic mass is 16.5. The van der Waals surface area contributed by atoms with Crippen molar-refractivity contribution in [2.24, 2.45) is 4.99 Å². The van der Waals surface area contributed by atoms with Crippen LogP contribution >= 0.6 is 0 Å². The lowest BCUT2D eigenvalue weighted by Crippen LogP contribution is -2.55. The topological polar surface area (TPSA) is 72.8 Å². The number of carbonyl (C=O) groups is 1. The van der Waals surface area contributed by atoms with E-state index in [9.17, 15) is 4.79 Å². The molecule has 2 aliphatic heterocycles. The summed E-state index contributed by atoms with van der Waals surface area (Å²) in [5.41, 5.74) is 2.14. The Bertz CT molecular complexity index is 1300. The maximum atomic E-state index is 13.5. The molecule has 3 aromatic carbocycles. The molecule has 1 atom stereocenters. The van der Waals surface area contributed by atoms with Crippen LogP contribution in [0.15, 0.2) is 65.7 Å². The third-order valence-corrected chi connectivity index (χ3v) is 6.53. The van der Waals surface area contributed by atoms with E-state index in [0.29, 0.717) is 53.9 Å². The van der Waals surface area contributed by atoms with Gasteiger partial charge in [0.2, 0.25) is 0 Å². The van der Waals surface area contributed by atoms with Gasteiger partial charge in [0.1, 0.15) is 23.0 Å². The summed E-state index contributed by atoms with van der Waals surface area (Å²) >= 11 is 0. The summed E-state index contributed by atoms with van der Waals surface area (Å²) in [6, 6.07) is 18.7. The zero-order chi connectivity index (χ0) is 25.2. The fourth-order valence-electron chi connectivity index (χ4n) is 4.67. The van der Waals surface area contributed by atoms with E-state index in [4.69, 9.17) is 23.9 Å². The predicted octanol–water partition coefficient (Wildman–Crippen LogP) is 4.74. The SMILES string of the molecule is COc1cc(OC)cc(C(=O)N2CCN(C3=Nc4ccccc4Oc4c(OC)cccc43)C[C@H]2C)c1. The van der Waals surface area contributed by atoms with Crippen molar-refractivity contribution in [3.63, 3.8) is 0 Å². The van der Waals surface area contributed by atoms with E-state index in [1.165, 1.54) is 0 Å². The van der Waals surface area contributed by atoms with Crippen LogP contribution in [0.3, 0.4) is 0 Å². The number of methoxy groups -OCH3 is 3. The van der Waals surface area contributed by atoms with E-state index >= 15 is 0 Å². The van der Waals surface area contributed by atoms with Crippen LogP contribution in [-0.2, 0) is 0 Å². The number of aliphatic imine (C=N–C) groups is 1. The number of para-hydroxylation sites is 3. The van der Waals surface area contributed by atoms with Crippen molar-refractivity contribution in [3.8, 4) is 28.7 Å². The van der Waals surface area contributed by atoms with Crippen LogP contribution in [0.5, 0.6) is 28.7 Å². The van der Waals surface area contributed by atoms with Crippen LogP contribution in [-0.4, -0.2) is 68.5 Å². The van der Waals surface area contributed by atoms with Crippen molar-refractivity contribution in [2.45, 2.75) is 13.0 Å². The minimum absolute atomic E-state index is 0.0559. The Morgan fingerprint density at radius 3 is 2.39 bits per heavy atom. The van der Waals surface area contributed by atoms with Gasteiger partial charge in [0.05, 0.1) is 26.9 Å². The molecule has 0 radical (unpaired) electrons. The quantitative estimate of drug-likeness (QED) is 0.529. The van der Waals surface area contributed by atoms with Crippen LogP contribution < -0.4 is 18.9 Å². The number of hydrogen-bond donors (Lipinski definition) is 0. The van der Waals surface area contributed by atoms with Gasteiger partial charge < -0.3 is 28.7 Å². The van der Waals surface area contributed by atoms with Gasteiger partial charge in [-0.25, -0.2) is 4.99 Å².